The predicted octanol–water partition coefficient (Wildman–Crippen LogP) is 4.93. The number of hydrogen-bond acceptors (Lipinski definition) is 6. The second kappa shape index (κ2) is 8.54. The molecule has 7 nitrogen and oxygen atoms in total. The lowest BCUT2D eigenvalue weighted by atomic mass is 9.91. The van der Waals surface area contributed by atoms with Crippen molar-refractivity contribution in [1.29, 1.82) is 0 Å². The summed E-state index contributed by atoms with van der Waals surface area (Å²) in [6, 6.07) is 6.20. The molecule has 5 rings (SSSR count). The smallest absolute Gasteiger partial charge is 0.382 e. The van der Waals surface area contributed by atoms with Crippen LogP contribution in [0.4, 0.5) is 32.2 Å². The SMILES string of the molecule is Cc1ccc(-c2nc3c(F)cc(F)c(F)c3cc2[C@H](c2nc(N)c3ncccc3n2)C(F)(F)F)c(=O)[nH]1. The van der Waals surface area contributed by atoms with Crippen LogP contribution in [-0.2, 0) is 0 Å². The molecular weight excluding hydrogens is 502 g/mol. The number of hydrogen-bond donors (Lipinski definition) is 2. The van der Waals surface area contributed by atoms with Gasteiger partial charge in [0.15, 0.2) is 23.3 Å². The van der Waals surface area contributed by atoms with Crippen molar-refractivity contribution in [3.63, 3.8) is 0 Å². The lowest BCUT2D eigenvalue weighted by Crippen LogP contribution is -2.26. The molecule has 0 amide bonds. The second-order valence-corrected chi connectivity index (χ2v) is 8.17. The first-order valence-electron chi connectivity index (χ1n) is 10.6. The van der Waals surface area contributed by atoms with Crippen LogP contribution in [0.5, 0.6) is 0 Å². The van der Waals surface area contributed by atoms with E-state index in [2.05, 4.69) is 24.9 Å². The van der Waals surface area contributed by atoms with Gasteiger partial charge < -0.3 is 10.7 Å². The summed E-state index contributed by atoms with van der Waals surface area (Å²) < 4.78 is 87.2. The number of benzene rings is 1. The van der Waals surface area contributed by atoms with Crippen molar-refractivity contribution in [1.82, 2.24) is 24.9 Å². The topological polar surface area (TPSA) is 110 Å². The standard InChI is InChI=1S/C24H14F6N6O/c1-9-4-5-10(23(37)33-9)18-11(7-12-17(27)13(25)8-14(26)19(12)35-18)16(24(28,29)30)22-34-15-3-2-6-32-20(15)21(31)36-22/h2-8,16H,1H3,(H,33,37)(H2,31,34,36)/t16-/m1/s1. The minimum Gasteiger partial charge on any atom is -0.382 e. The van der Waals surface area contributed by atoms with Crippen molar-refractivity contribution in [2.45, 2.75) is 19.0 Å². The van der Waals surface area contributed by atoms with E-state index < -0.39 is 63.1 Å². The molecule has 0 bridgehead atoms. The molecule has 37 heavy (non-hydrogen) atoms. The van der Waals surface area contributed by atoms with Gasteiger partial charge in [-0.25, -0.2) is 28.1 Å². The Labute approximate surface area is 203 Å². The zero-order valence-electron chi connectivity index (χ0n) is 18.7. The third-order valence-electron chi connectivity index (χ3n) is 5.68. The number of fused-ring (bicyclic) bond motifs is 2. The number of anilines is 1. The molecule has 4 aromatic heterocycles. The minimum absolute atomic E-state index is 0.00833. The fourth-order valence-electron chi connectivity index (χ4n) is 4.04. The zero-order valence-corrected chi connectivity index (χ0v) is 18.7. The minimum atomic E-state index is -5.13. The third kappa shape index (κ3) is 4.11. The highest BCUT2D eigenvalue weighted by molar-refractivity contribution is 5.86. The van der Waals surface area contributed by atoms with Crippen molar-refractivity contribution in [3.8, 4) is 11.3 Å². The molecule has 0 aliphatic rings. The quantitative estimate of drug-likeness (QED) is 0.260. The summed E-state index contributed by atoms with van der Waals surface area (Å²) in [6.07, 6.45) is -3.78. The molecule has 0 radical (unpaired) electrons. The van der Waals surface area contributed by atoms with Gasteiger partial charge in [-0.05, 0) is 42.8 Å². The number of H-pyrrole nitrogens is 1. The number of aryl methyl sites for hydroxylation is 1. The summed E-state index contributed by atoms with van der Waals surface area (Å²) in [6.45, 7) is 1.54. The van der Waals surface area contributed by atoms with Gasteiger partial charge in [0, 0.05) is 23.3 Å². The number of nitrogens with one attached hydrogen (secondary N) is 1. The lowest BCUT2D eigenvalue weighted by molar-refractivity contribution is -0.142. The number of nitrogens with two attached hydrogens (primary N) is 1. The van der Waals surface area contributed by atoms with Gasteiger partial charge in [-0.2, -0.15) is 13.2 Å². The zero-order chi connectivity index (χ0) is 26.6. The molecule has 0 spiro atoms. The van der Waals surface area contributed by atoms with Crippen molar-refractivity contribution in [2.75, 3.05) is 5.73 Å². The van der Waals surface area contributed by atoms with E-state index in [1.165, 1.54) is 37.4 Å². The summed E-state index contributed by atoms with van der Waals surface area (Å²) in [7, 11) is 0. The number of pyridine rings is 3. The summed E-state index contributed by atoms with van der Waals surface area (Å²) in [5.41, 5.74) is 2.90. The first-order chi connectivity index (χ1) is 17.5. The fourth-order valence-corrected chi connectivity index (χ4v) is 4.04. The van der Waals surface area contributed by atoms with Crippen LogP contribution < -0.4 is 11.3 Å². The average molecular weight is 516 g/mol. The third-order valence-corrected chi connectivity index (χ3v) is 5.68. The first-order valence-corrected chi connectivity index (χ1v) is 10.6. The number of aromatic nitrogens is 5. The Hall–Kier alpha value is -4.55. The molecule has 5 aromatic rings. The van der Waals surface area contributed by atoms with E-state index >= 15 is 0 Å². The molecule has 0 aliphatic carbocycles. The molecule has 3 N–H and O–H groups in total. The molecule has 188 valence electrons. The molecule has 1 atom stereocenters. The van der Waals surface area contributed by atoms with Gasteiger partial charge in [0.05, 0.1) is 16.8 Å². The average Bonchev–Trinajstić information content (AvgIpc) is 2.82. The van der Waals surface area contributed by atoms with E-state index in [4.69, 9.17) is 5.73 Å². The van der Waals surface area contributed by atoms with E-state index in [0.29, 0.717) is 11.8 Å². The Morgan fingerprint density at radius 2 is 1.73 bits per heavy atom. The molecule has 1 aromatic carbocycles. The highest BCUT2D eigenvalue weighted by atomic mass is 19.4. The second-order valence-electron chi connectivity index (χ2n) is 8.17. The molecular formula is C24H14F6N6O. The predicted molar refractivity (Wildman–Crippen MR) is 122 cm³/mol. The van der Waals surface area contributed by atoms with Crippen LogP contribution in [0.2, 0.25) is 0 Å². The number of alkyl halides is 3. The van der Waals surface area contributed by atoms with Crippen molar-refractivity contribution in [2.24, 2.45) is 0 Å². The first kappa shape index (κ1) is 24.2. The van der Waals surface area contributed by atoms with Gasteiger partial charge in [0.1, 0.15) is 22.8 Å². The van der Waals surface area contributed by atoms with Crippen LogP contribution in [0, 0.1) is 24.4 Å². The Morgan fingerprint density at radius 1 is 0.973 bits per heavy atom. The van der Waals surface area contributed by atoms with Gasteiger partial charge >= 0.3 is 6.18 Å². The number of halogens is 6. The normalized spacial score (nSPS) is 12.8. The molecule has 0 fully saturated rings. The van der Waals surface area contributed by atoms with E-state index in [-0.39, 0.29) is 28.5 Å². The summed E-state index contributed by atoms with van der Waals surface area (Å²) in [4.78, 5) is 30.7. The van der Waals surface area contributed by atoms with Crippen LogP contribution in [0.15, 0.2) is 47.4 Å². The Kier molecular flexibility index (Phi) is 5.57. The van der Waals surface area contributed by atoms with E-state index in [9.17, 15) is 31.1 Å². The number of nitrogen functional groups attached to an aromatic ring is 1. The van der Waals surface area contributed by atoms with Crippen LogP contribution in [0.25, 0.3) is 33.2 Å². The van der Waals surface area contributed by atoms with Gasteiger partial charge in [-0.1, -0.05) is 0 Å². The molecule has 0 unspecified atom stereocenters. The summed E-state index contributed by atoms with van der Waals surface area (Å²) >= 11 is 0. The number of rotatable bonds is 3. The maximum Gasteiger partial charge on any atom is 0.402 e. The Morgan fingerprint density at radius 3 is 2.43 bits per heavy atom. The van der Waals surface area contributed by atoms with E-state index in [1.807, 2.05) is 0 Å². The molecule has 0 saturated heterocycles. The van der Waals surface area contributed by atoms with Crippen molar-refractivity contribution in [3.05, 3.63) is 87.5 Å². The molecule has 4 heterocycles. The van der Waals surface area contributed by atoms with Crippen molar-refractivity contribution >= 4 is 27.8 Å². The Bertz CT molecular complexity index is 1770. The largest absolute Gasteiger partial charge is 0.402 e. The van der Waals surface area contributed by atoms with Crippen LogP contribution in [-0.4, -0.2) is 31.1 Å². The van der Waals surface area contributed by atoms with Crippen molar-refractivity contribution < 1.29 is 26.3 Å². The highest BCUT2D eigenvalue weighted by Gasteiger charge is 2.46. The summed E-state index contributed by atoms with van der Waals surface area (Å²) in [5, 5.41) is -0.857. The van der Waals surface area contributed by atoms with E-state index in [1.54, 1.807) is 0 Å². The van der Waals surface area contributed by atoms with Gasteiger partial charge in [-0.3, -0.25) is 9.78 Å². The van der Waals surface area contributed by atoms with Crippen LogP contribution in [0.1, 0.15) is 23.0 Å². The molecule has 0 aliphatic heterocycles. The van der Waals surface area contributed by atoms with Gasteiger partial charge in [0.2, 0.25) is 0 Å². The maximum absolute atomic E-state index is 14.7. The maximum atomic E-state index is 14.7. The lowest BCUT2D eigenvalue weighted by Gasteiger charge is -2.23. The highest BCUT2D eigenvalue weighted by Crippen LogP contribution is 2.44. The van der Waals surface area contributed by atoms with Crippen LogP contribution in [0.3, 0.4) is 0 Å². The molecule has 0 saturated carbocycles. The number of aromatic amines is 1. The fraction of sp³-hybridized carbons (Fsp3) is 0.125. The van der Waals surface area contributed by atoms with Gasteiger partial charge in [0.25, 0.3) is 5.56 Å². The van der Waals surface area contributed by atoms with Gasteiger partial charge in [-0.15, -0.1) is 0 Å². The molecule has 13 heteroatoms. The van der Waals surface area contributed by atoms with Crippen LogP contribution >= 0.6 is 0 Å². The monoisotopic (exact) mass is 516 g/mol. The van der Waals surface area contributed by atoms with E-state index in [0.717, 1.165) is 0 Å². The Balaban J connectivity index is 1.92. The number of nitrogens with zero attached hydrogens (tertiary/aromatic N) is 4. The summed E-state index contributed by atoms with van der Waals surface area (Å²) in [5.74, 6) is -8.49.